The summed E-state index contributed by atoms with van der Waals surface area (Å²) < 4.78 is 2.20. The average Bonchev–Trinajstić information content (AvgIpc) is 3.44. The fourth-order valence-electron chi connectivity index (χ4n) is 4.15. The molecule has 0 bridgehead atoms. The molecule has 3 atom stereocenters. The minimum absolute atomic E-state index is 0.0242. The Morgan fingerprint density at radius 2 is 1.96 bits per heavy atom. The largest absolute Gasteiger partial charge is 0.508 e. The average molecular weight is 391 g/mol. The quantitative estimate of drug-likeness (QED) is 0.710. The fourth-order valence-corrected chi connectivity index (χ4v) is 5.49. The molecule has 0 amide bonds. The molecule has 2 aliphatic rings. The van der Waals surface area contributed by atoms with Crippen LogP contribution in [0, 0.1) is 0 Å². The van der Waals surface area contributed by atoms with Gasteiger partial charge in [-0.3, -0.25) is 9.98 Å². The van der Waals surface area contributed by atoms with Crippen LogP contribution in [0.5, 0.6) is 5.75 Å². The summed E-state index contributed by atoms with van der Waals surface area (Å²) in [6.45, 7) is 2.25. The maximum absolute atomic E-state index is 9.67. The SMILES string of the molecule is CCC1CSC2=NC(c3ccccn3)C(c3cccn3-c3ccc(O)cc3)N21. The number of fused-ring (bicyclic) bond motifs is 1. The summed E-state index contributed by atoms with van der Waals surface area (Å²) in [6, 6.07) is 18.2. The zero-order chi connectivity index (χ0) is 19.1. The Bertz CT molecular complexity index is 999. The zero-order valence-electron chi connectivity index (χ0n) is 15.6. The predicted molar refractivity (Wildman–Crippen MR) is 113 cm³/mol. The van der Waals surface area contributed by atoms with Crippen molar-refractivity contribution < 1.29 is 5.11 Å². The molecule has 6 heteroatoms. The Labute approximate surface area is 168 Å². The highest BCUT2D eigenvalue weighted by Crippen LogP contribution is 2.48. The van der Waals surface area contributed by atoms with Crippen LogP contribution in [0.2, 0.25) is 0 Å². The molecule has 2 aliphatic heterocycles. The lowest BCUT2D eigenvalue weighted by molar-refractivity contribution is 0.249. The highest BCUT2D eigenvalue weighted by atomic mass is 32.2. The number of benzene rings is 1. The van der Waals surface area contributed by atoms with Gasteiger partial charge in [-0.2, -0.15) is 0 Å². The molecule has 2 aromatic heterocycles. The molecule has 5 rings (SSSR count). The van der Waals surface area contributed by atoms with Crippen LogP contribution in [0.1, 0.15) is 36.8 Å². The van der Waals surface area contributed by atoms with Crippen LogP contribution in [0.25, 0.3) is 5.69 Å². The number of aromatic nitrogens is 2. The topological polar surface area (TPSA) is 53.6 Å². The van der Waals surface area contributed by atoms with Gasteiger partial charge in [0, 0.05) is 35.6 Å². The first-order valence-corrected chi connectivity index (χ1v) is 10.6. The van der Waals surface area contributed by atoms with Crippen molar-refractivity contribution in [2.24, 2.45) is 4.99 Å². The van der Waals surface area contributed by atoms with E-state index in [0.717, 1.165) is 28.7 Å². The summed E-state index contributed by atoms with van der Waals surface area (Å²) in [7, 11) is 0. The number of phenols is 1. The summed E-state index contributed by atoms with van der Waals surface area (Å²) in [5.41, 5.74) is 3.23. The molecule has 4 heterocycles. The molecule has 1 saturated heterocycles. The van der Waals surface area contributed by atoms with E-state index in [2.05, 4.69) is 45.8 Å². The van der Waals surface area contributed by atoms with Gasteiger partial charge in [0.1, 0.15) is 17.8 Å². The minimum atomic E-state index is -0.0242. The Morgan fingerprint density at radius 1 is 1.11 bits per heavy atom. The van der Waals surface area contributed by atoms with Crippen LogP contribution in [-0.2, 0) is 0 Å². The zero-order valence-corrected chi connectivity index (χ0v) is 16.5. The summed E-state index contributed by atoms with van der Waals surface area (Å²) in [5, 5.41) is 10.8. The number of nitrogens with zero attached hydrogens (tertiary/aromatic N) is 4. The number of amidine groups is 1. The second-order valence-corrected chi connectivity index (χ2v) is 8.14. The second-order valence-electron chi connectivity index (χ2n) is 7.16. The van der Waals surface area contributed by atoms with E-state index in [0.29, 0.717) is 6.04 Å². The third kappa shape index (κ3) is 2.79. The molecule has 3 unspecified atom stereocenters. The van der Waals surface area contributed by atoms with E-state index in [-0.39, 0.29) is 17.8 Å². The van der Waals surface area contributed by atoms with Crippen molar-refractivity contribution >= 4 is 16.9 Å². The van der Waals surface area contributed by atoms with Crippen molar-refractivity contribution in [3.8, 4) is 11.4 Å². The van der Waals surface area contributed by atoms with Crippen molar-refractivity contribution in [3.05, 3.63) is 78.4 Å². The van der Waals surface area contributed by atoms with Gasteiger partial charge in [-0.1, -0.05) is 24.8 Å². The van der Waals surface area contributed by atoms with E-state index in [1.165, 1.54) is 5.69 Å². The van der Waals surface area contributed by atoms with Crippen molar-refractivity contribution in [2.75, 3.05) is 5.75 Å². The number of thioether (sulfide) groups is 1. The first-order valence-electron chi connectivity index (χ1n) is 9.63. The molecule has 1 aromatic carbocycles. The number of hydrogen-bond acceptors (Lipinski definition) is 5. The lowest BCUT2D eigenvalue weighted by Crippen LogP contribution is -2.36. The molecular formula is C22H22N4OS. The molecule has 0 spiro atoms. The first-order chi connectivity index (χ1) is 13.8. The van der Waals surface area contributed by atoms with Crippen LogP contribution in [0.15, 0.2) is 72.0 Å². The summed E-state index contributed by atoms with van der Waals surface area (Å²) in [6.07, 6.45) is 5.02. The van der Waals surface area contributed by atoms with Gasteiger partial charge in [0.05, 0.1) is 5.69 Å². The van der Waals surface area contributed by atoms with E-state index >= 15 is 0 Å². The van der Waals surface area contributed by atoms with Crippen LogP contribution >= 0.6 is 11.8 Å². The van der Waals surface area contributed by atoms with Crippen molar-refractivity contribution in [3.63, 3.8) is 0 Å². The van der Waals surface area contributed by atoms with Crippen LogP contribution in [0.3, 0.4) is 0 Å². The summed E-state index contributed by atoms with van der Waals surface area (Å²) in [5.74, 6) is 1.36. The third-order valence-electron chi connectivity index (χ3n) is 5.54. The lowest BCUT2D eigenvalue weighted by atomic mass is 9.99. The third-order valence-corrected chi connectivity index (χ3v) is 6.67. The minimum Gasteiger partial charge on any atom is -0.508 e. The van der Waals surface area contributed by atoms with E-state index in [1.54, 1.807) is 12.1 Å². The standard InChI is InChI=1S/C22H22N4OS/c1-2-15-14-28-22-24-20(18-6-3-4-12-23-18)21(26(15)22)19-7-5-13-25(19)16-8-10-17(27)11-9-16/h3-13,15,20-21,27H,2,14H2,1H3. The number of phenolic OH excluding ortho intramolecular Hbond substituents is 1. The molecule has 0 aliphatic carbocycles. The normalized spacial score (nSPS) is 23.7. The van der Waals surface area contributed by atoms with Gasteiger partial charge in [-0.15, -0.1) is 0 Å². The molecule has 3 aromatic rings. The van der Waals surface area contributed by atoms with E-state index in [4.69, 9.17) is 4.99 Å². The molecule has 0 radical (unpaired) electrons. The number of aliphatic imine (C=N–C) groups is 1. The molecule has 1 N–H and O–H groups in total. The molecule has 5 nitrogen and oxygen atoms in total. The Morgan fingerprint density at radius 3 is 2.71 bits per heavy atom. The van der Waals surface area contributed by atoms with Crippen molar-refractivity contribution in [2.45, 2.75) is 31.5 Å². The first kappa shape index (κ1) is 17.4. The predicted octanol–water partition coefficient (Wildman–Crippen LogP) is 4.56. The second kappa shape index (κ2) is 7.02. The fraction of sp³-hybridized carbons (Fsp3) is 0.273. The number of rotatable bonds is 4. The van der Waals surface area contributed by atoms with Crippen LogP contribution in [-0.4, -0.2) is 36.5 Å². The highest BCUT2D eigenvalue weighted by Gasteiger charge is 2.46. The van der Waals surface area contributed by atoms with Crippen molar-refractivity contribution in [1.82, 2.24) is 14.5 Å². The number of pyridine rings is 1. The Kier molecular flexibility index (Phi) is 4.36. The molecule has 0 saturated carbocycles. The van der Waals surface area contributed by atoms with E-state index in [9.17, 15) is 5.11 Å². The lowest BCUT2D eigenvalue weighted by Gasteiger charge is -2.32. The monoisotopic (exact) mass is 390 g/mol. The molecule has 142 valence electrons. The number of hydrogen-bond donors (Lipinski definition) is 1. The maximum Gasteiger partial charge on any atom is 0.160 e. The van der Waals surface area contributed by atoms with Gasteiger partial charge < -0.3 is 14.6 Å². The number of aromatic hydroxyl groups is 1. The van der Waals surface area contributed by atoms with Gasteiger partial charge >= 0.3 is 0 Å². The van der Waals surface area contributed by atoms with Crippen molar-refractivity contribution in [1.29, 1.82) is 0 Å². The van der Waals surface area contributed by atoms with Gasteiger partial charge in [0.25, 0.3) is 0 Å². The van der Waals surface area contributed by atoms with Gasteiger partial charge in [0.15, 0.2) is 5.17 Å². The maximum atomic E-state index is 9.67. The van der Waals surface area contributed by atoms with Gasteiger partial charge in [0.2, 0.25) is 0 Å². The van der Waals surface area contributed by atoms with E-state index in [1.807, 2.05) is 42.2 Å². The highest BCUT2D eigenvalue weighted by molar-refractivity contribution is 8.14. The van der Waals surface area contributed by atoms with Gasteiger partial charge in [-0.05, 0) is 55.0 Å². The summed E-state index contributed by atoms with van der Waals surface area (Å²) >= 11 is 1.85. The van der Waals surface area contributed by atoms with E-state index < -0.39 is 0 Å². The molecule has 1 fully saturated rings. The molecule has 28 heavy (non-hydrogen) atoms. The summed E-state index contributed by atoms with van der Waals surface area (Å²) in [4.78, 5) is 12.2. The van der Waals surface area contributed by atoms with Crippen LogP contribution < -0.4 is 0 Å². The van der Waals surface area contributed by atoms with Gasteiger partial charge in [-0.25, -0.2) is 0 Å². The Balaban J connectivity index is 1.62. The smallest absolute Gasteiger partial charge is 0.160 e. The molecular weight excluding hydrogens is 368 g/mol. The van der Waals surface area contributed by atoms with Crippen LogP contribution in [0.4, 0.5) is 0 Å². The Hall–Kier alpha value is -2.73.